The lowest BCUT2D eigenvalue weighted by atomic mass is 10.3. The number of esters is 8. The van der Waals surface area contributed by atoms with Gasteiger partial charge in [-0.25, -0.2) is 28.8 Å². The summed E-state index contributed by atoms with van der Waals surface area (Å²) in [4.78, 5) is 115. The third-order valence-corrected chi connectivity index (χ3v) is 13.4. The van der Waals surface area contributed by atoms with Gasteiger partial charge in [0.1, 0.15) is 66.1 Å². The average molecular weight is 1160 g/mol. The molecule has 0 atom stereocenters. The Morgan fingerprint density at radius 2 is 0.566 bits per heavy atom. The Bertz CT molecular complexity index is 1740. The van der Waals surface area contributed by atoms with Gasteiger partial charge in [0.15, 0.2) is 0 Å². The second kappa shape index (κ2) is 48.1. The fourth-order valence-corrected chi connectivity index (χ4v) is 8.37. The molecule has 0 rings (SSSR count). The van der Waals surface area contributed by atoms with Gasteiger partial charge in [-0.05, 0) is 62.5 Å². The first kappa shape index (κ1) is 72.7. The predicted molar refractivity (Wildman–Crippen MR) is 292 cm³/mol. The summed E-state index contributed by atoms with van der Waals surface area (Å²) in [5.41, 5.74) is 1.12. The number of ether oxygens (including phenoxy) is 10. The smallest absolute Gasteiger partial charge is 0.407 e. The molecule has 0 aliphatic carbocycles. The summed E-state index contributed by atoms with van der Waals surface area (Å²) >= 11 is 6.67. The van der Waals surface area contributed by atoms with Crippen LogP contribution in [-0.2, 0) is 85.7 Å². The maximum atomic E-state index is 11.8. The van der Waals surface area contributed by atoms with Crippen LogP contribution in [0.2, 0.25) is 0 Å². The molecular formula is C50H78N2O20S4. The van der Waals surface area contributed by atoms with Gasteiger partial charge in [0, 0.05) is 45.3 Å². The van der Waals surface area contributed by atoms with E-state index in [0.29, 0.717) is 46.0 Å². The molecule has 0 bridgehead atoms. The Hall–Kier alpha value is -5.34. The largest absolute Gasteiger partial charge is 0.465 e. The summed E-state index contributed by atoms with van der Waals surface area (Å²) in [6.45, 7) is 25.3. The van der Waals surface area contributed by atoms with Gasteiger partial charge in [0.05, 0.1) is 38.8 Å². The van der Waals surface area contributed by atoms with Crippen molar-refractivity contribution in [1.82, 2.24) is 10.6 Å². The van der Waals surface area contributed by atoms with E-state index in [2.05, 4.69) is 50.8 Å². The minimum atomic E-state index is -0.578. The lowest BCUT2D eigenvalue weighted by Gasteiger charge is -2.12. The Kier molecular flexibility index (Phi) is 46.0. The van der Waals surface area contributed by atoms with E-state index >= 15 is 0 Å². The van der Waals surface area contributed by atoms with E-state index in [1.807, 2.05) is 0 Å². The molecule has 0 aromatic heterocycles. The monoisotopic (exact) mass is 1150 g/mol. The van der Waals surface area contributed by atoms with Crippen LogP contribution >= 0.6 is 47.0 Å². The van der Waals surface area contributed by atoms with Crippen LogP contribution in [0, 0.1) is 11.8 Å². The van der Waals surface area contributed by atoms with Gasteiger partial charge in [-0.15, -0.1) is 0 Å². The molecule has 0 radical (unpaired) electrons. The number of alkyl carbamates (subject to hydrolysis) is 2. The van der Waals surface area contributed by atoms with Crippen LogP contribution in [-0.4, -0.2) is 185 Å². The van der Waals surface area contributed by atoms with Gasteiger partial charge in [-0.1, -0.05) is 40.2 Å². The van der Waals surface area contributed by atoms with Crippen molar-refractivity contribution >= 4 is 107 Å². The fraction of sp³-hybridized carbons (Fsp3) is 0.640. The first-order valence-corrected chi connectivity index (χ1v) is 28.7. The molecule has 0 fully saturated rings. The van der Waals surface area contributed by atoms with Gasteiger partial charge in [-0.2, -0.15) is 47.0 Å². The molecule has 0 saturated heterocycles. The molecule has 2 amide bonds. The highest BCUT2D eigenvalue weighted by Crippen LogP contribution is 2.16. The molecule has 0 aromatic carbocycles. The fourth-order valence-electron chi connectivity index (χ4n) is 4.51. The topological polar surface area (TPSA) is 287 Å². The summed E-state index contributed by atoms with van der Waals surface area (Å²) in [7, 11) is 0. The predicted octanol–water partition coefficient (Wildman–Crippen LogP) is 5.84. The zero-order valence-corrected chi connectivity index (χ0v) is 48.0. The van der Waals surface area contributed by atoms with Crippen LogP contribution in [0.4, 0.5) is 9.59 Å². The number of hydrogen-bond acceptors (Lipinski definition) is 24. The SMILES string of the molecule is C=C(C)C(=O)OCCNC(=O)OCCSCC(C)CSCCOC(=O)NCCOC(=O)C(=C)C.C=C(C)C(=O)OCCOC(=O)CCC(=O)OCCSCC(C)CSCCOC(=O)CCC(=O)OCCOC(=O)C(=C)C. The van der Waals surface area contributed by atoms with E-state index < -0.39 is 59.9 Å². The number of carbonyl (C=O) groups is 10. The van der Waals surface area contributed by atoms with Gasteiger partial charge in [-0.3, -0.25) is 19.2 Å². The number of thioether (sulfide) groups is 4. The van der Waals surface area contributed by atoms with Crippen molar-refractivity contribution in [3.8, 4) is 0 Å². The molecule has 0 aromatic rings. The van der Waals surface area contributed by atoms with Crippen molar-refractivity contribution in [2.24, 2.45) is 11.8 Å². The lowest BCUT2D eigenvalue weighted by molar-refractivity contribution is -0.152. The van der Waals surface area contributed by atoms with E-state index in [0.717, 1.165) is 23.0 Å². The number of amides is 2. The Morgan fingerprint density at radius 1 is 0.342 bits per heavy atom. The lowest BCUT2D eigenvalue weighted by Crippen LogP contribution is -2.29. The molecule has 26 heteroatoms. The Balaban J connectivity index is 0. The third-order valence-electron chi connectivity index (χ3n) is 8.34. The van der Waals surface area contributed by atoms with Crippen LogP contribution in [0.1, 0.15) is 67.2 Å². The molecule has 0 aliphatic heterocycles. The Morgan fingerprint density at radius 3 is 0.829 bits per heavy atom. The quantitative estimate of drug-likeness (QED) is 0.0314. The molecule has 22 nitrogen and oxygen atoms in total. The molecule has 0 heterocycles. The first-order valence-electron chi connectivity index (χ1n) is 24.1. The van der Waals surface area contributed by atoms with Crippen LogP contribution in [0.25, 0.3) is 0 Å². The highest BCUT2D eigenvalue weighted by molar-refractivity contribution is 8.00. The minimum Gasteiger partial charge on any atom is -0.465 e. The zero-order valence-electron chi connectivity index (χ0n) is 44.8. The van der Waals surface area contributed by atoms with Crippen molar-refractivity contribution in [2.45, 2.75) is 67.2 Å². The van der Waals surface area contributed by atoms with Gasteiger partial charge in [0.2, 0.25) is 0 Å². The first-order chi connectivity index (χ1) is 36.0. The maximum Gasteiger partial charge on any atom is 0.407 e. The number of carbonyl (C=O) groups excluding carboxylic acids is 10. The van der Waals surface area contributed by atoms with E-state index in [9.17, 15) is 47.9 Å². The molecule has 0 unspecified atom stereocenters. The third kappa shape index (κ3) is 48.3. The highest BCUT2D eigenvalue weighted by atomic mass is 32.2. The molecule has 0 aliphatic rings. The van der Waals surface area contributed by atoms with Gasteiger partial charge < -0.3 is 58.0 Å². The summed E-state index contributed by atoms with van der Waals surface area (Å²) in [6.07, 6.45) is -1.52. The van der Waals surface area contributed by atoms with E-state index in [1.165, 1.54) is 13.8 Å². The van der Waals surface area contributed by atoms with Crippen LogP contribution in [0.15, 0.2) is 48.6 Å². The van der Waals surface area contributed by atoms with E-state index in [-0.39, 0.29) is 116 Å². The second-order valence-corrected chi connectivity index (χ2v) is 20.8. The van der Waals surface area contributed by atoms with Crippen LogP contribution < -0.4 is 10.6 Å². The highest BCUT2D eigenvalue weighted by Gasteiger charge is 2.14. The van der Waals surface area contributed by atoms with Crippen LogP contribution in [0.5, 0.6) is 0 Å². The molecule has 0 saturated carbocycles. The van der Waals surface area contributed by atoms with Crippen molar-refractivity contribution in [3.63, 3.8) is 0 Å². The number of hydrogen-bond donors (Lipinski definition) is 2. The van der Waals surface area contributed by atoms with E-state index in [4.69, 9.17) is 47.4 Å². The summed E-state index contributed by atoms with van der Waals surface area (Å²) in [5.74, 6) is 2.76. The van der Waals surface area contributed by atoms with Crippen molar-refractivity contribution in [1.29, 1.82) is 0 Å². The zero-order chi connectivity index (χ0) is 57.5. The summed E-state index contributed by atoms with van der Waals surface area (Å²) < 4.78 is 49.4. The second-order valence-electron chi connectivity index (χ2n) is 16.2. The van der Waals surface area contributed by atoms with E-state index in [1.54, 1.807) is 60.9 Å². The van der Waals surface area contributed by atoms with Gasteiger partial charge in [0.25, 0.3) is 0 Å². The normalized spacial score (nSPS) is 10.3. The Labute approximate surface area is 463 Å². The molecule has 0 spiro atoms. The molecule has 76 heavy (non-hydrogen) atoms. The standard InChI is InChI=1S/C28H42O12S2.C22H36N2O8S2/c1-20(2)27(33)39-12-10-35-23(29)6-8-25(31)37-14-16-41-18-22(5)19-42-17-15-38-26(32)9-7-24(30)36-11-13-40-28(34)21(3)4;1-16(2)19(25)29-8-6-23-21(27)31-10-12-33-14-18(5)15-34-13-11-32-22(28)24-7-9-30-20(26)17(3)4/h22H,1,3,6-19H2,2,4-5H3;18H,1,3,6-15H2,2,4-5H3,(H,23,27)(H,24,28). The molecule has 2 N–H and O–H groups in total. The van der Waals surface area contributed by atoms with Gasteiger partial charge >= 0.3 is 59.9 Å². The molecular weight excluding hydrogens is 1080 g/mol. The summed E-state index contributed by atoms with van der Waals surface area (Å²) in [5, 5.41) is 5.01. The maximum absolute atomic E-state index is 11.8. The average Bonchev–Trinajstić information content (AvgIpc) is 3.36. The van der Waals surface area contributed by atoms with Crippen LogP contribution in [0.3, 0.4) is 0 Å². The van der Waals surface area contributed by atoms with Crippen molar-refractivity contribution in [2.75, 3.05) is 125 Å². The number of rotatable bonds is 42. The van der Waals surface area contributed by atoms with Crippen molar-refractivity contribution in [3.05, 3.63) is 48.6 Å². The van der Waals surface area contributed by atoms with Crippen molar-refractivity contribution < 1.29 is 95.3 Å². The number of nitrogens with one attached hydrogen (secondary N) is 2. The minimum absolute atomic E-state index is 0.0629. The molecule has 432 valence electrons. The summed E-state index contributed by atoms with van der Waals surface area (Å²) in [6, 6.07) is 0.